The molecule has 63 valence electrons. The second-order valence-corrected chi connectivity index (χ2v) is 3.19. The van der Waals surface area contributed by atoms with Gasteiger partial charge in [0.05, 0.1) is 5.92 Å². The van der Waals surface area contributed by atoms with Crippen LogP contribution in [0.4, 0.5) is 8.78 Å². The molecule has 2 N–H and O–H groups in total. The predicted octanol–water partition coefficient (Wildman–Crippen LogP) is 0.0188. The largest absolute Gasteiger partial charge is 0.315 e. The maximum Gasteiger partial charge on any atom is 0.262 e. The second-order valence-electron chi connectivity index (χ2n) is 3.19. The molecule has 0 atom stereocenters. The van der Waals surface area contributed by atoms with Crippen molar-refractivity contribution >= 4 is 0 Å². The molecule has 0 saturated carbocycles. The van der Waals surface area contributed by atoms with Gasteiger partial charge in [-0.1, -0.05) is 0 Å². The van der Waals surface area contributed by atoms with E-state index in [0.717, 1.165) is 0 Å². The summed E-state index contributed by atoms with van der Waals surface area (Å²) < 4.78 is 26.4. The van der Waals surface area contributed by atoms with Gasteiger partial charge in [-0.25, -0.2) is 8.78 Å². The maximum atomic E-state index is 13.2. The highest BCUT2D eigenvalue weighted by atomic mass is 19.3. The smallest absolute Gasteiger partial charge is 0.262 e. The Balaban J connectivity index is 2.17. The van der Waals surface area contributed by atoms with Crippen molar-refractivity contribution in [3.05, 3.63) is 5.92 Å². The molecule has 0 aromatic carbocycles. The molecular weight excluding hydrogens is 150 g/mol. The molecule has 2 nitrogen and oxygen atoms in total. The summed E-state index contributed by atoms with van der Waals surface area (Å²) in [5, 5.41) is 5.97. The minimum absolute atomic E-state index is 0.319. The van der Waals surface area contributed by atoms with Crippen molar-refractivity contribution in [2.24, 2.45) is 5.92 Å². The number of fused-ring (bicyclic) bond motifs is 2. The summed E-state index contributed by atoms with van der Waals surface area (Å²) in [6.45, 7) is 1.61. The number of hydrogen-bond donors (Lipinski definition) is 2. The van der Waals surface area contributed by atoms with Crippen LogP contribution >= 0.6 is 0 Å². The monoisotopic (exact) mass is 161 g/mol. The Bertz CT molecular complexity index is 137. The van der Waals surface area contributed by atoms with Crippen LogP contribution < -0.4 is 10.6 Å². The van der Waals surface area contributed by atoms with Gasteiger partial charge in [-0.2, -0.15) is 0 Å². The topological polar surface area (TPSA) is 24.1 Å². The number of rotatable bonds is 0. The third kappa shape index (κ3) is 1.05. The third-order valence-electron chi connectivity index (χ3n) is 2.44. The van der Waals surface area contributed by atoms with Crippen LogP contribution in [0, 0.1) is 11.8 Å². The van der Waals surface area contributed by atoms with Crippen molar-refractivity contribution in [2.75, 3.05) is 26.2 Å². The standard InChI is InChI=1S/C7H11F2N2/c8-7(9)5-1-10-3-6(7)4-11-2-5/h5,10-11H,1-4H2. The van der Waals surface area contributed by atoms with E-state index in [0.29, 0.717) is 32.1 Å². The number of nitrogens with one attached hydrogen (secondary N) is 2. The molecule has 2 aliphatic heterocycles. The Hall–Kier alpha value is -0.220. The summed E-state index contributed by atoms with van der Waals surface area (Å²) in [5.41, 5.74) is 0. The lowest BCUT2D eigenvalue weighted by Gasteiger charge is -2.42. The Labute approximate surface area is 64.3 Å². The normalized spacial score (nSPS) is 32.2. The number of piperidine rings is 2. The first-order chi connectivity index (χ1) is 5.21. The van der Waals surface area contributed by atoms with Crippen LogP contribution in [-0.2, 0) is 0 Å². The fourth-order valence-electron chi connectivity index (χ4n) is 1.71. The van der Waals surface area contributed by atoms with Gasteiger partial charge in [0.1, 0.15) is 0 Å². The van der Waals surface area contributed by atoms with Crippen LogP contribution in [0.15, 0.2) is 0 Å². The summed E-state index contributed by atoms with van der Waals surface area (Å²) in [5.74, 6) is -2.73. The molecule has 2 fully saturated rings. The van der Waals surface area contributed by atoms with E-state index in [9.17, 15) is 8.78 Å². The first-order valence-electron chi connectivity index (χ1n) is 3.85. The van der Waals surface area contributed by atoms with Gasteiger partial charge in [-0.15, -0.1) is 0 Å². The summed E-state index contributed by atoms with van der Waals surface area (Å²) in [6.07, 6.45) is 0. The molecule has 2 bridgehead atoms. The van der Waals surface area contributed by atoms with Crippen molar-refractivity contribution in [3.8, 4) is 0 Å². The Morgan fingerprint density at radius 2 is 1.73 bits per heavy atom. The lowest BCUT2D eigenvalue weighted by atomic mass is 9.83. The van der Waals surface area contributed by atoms with Gasteiger partial charge < -0.3 is 10.6 Å². The van der Waals surface area contributed by atoms with Gasteiger partial charge >= 0.3 is 0 Å². The van der Waals surface area contributed by atoms with E-state index in [1.165, 1.54) is 0 Å². The van der Waals surface area contributed by atoms with Crippen LogP contribution in [0.25, 0.3) is 0 Å². The van der Waals surface area contributed by atoms with E-state index in [-0.39, 0.29) is 0 Å². The highest BCUT2D eigenvalue weighted by Crippen LogP contribution is 2.38. The Kier molecular flexibility index (Phi) is 1.61. The number of halogens is 2. The molecule has 0 spiro atoms. The zero-order valence-electron chi connectivity index (χ0n) is 6.16. The summed E-state index contributed by atoms with van der Waals surface area (Å²) in [4.78, 5) is 0. The van der Waals surface area contributed by atoms with E-state index < -0.39 is 11.8 Å². The minimum Gasteiger partial charge on any atom is -0.315 e. The molecule has 0 unspecified atom stereocenters. The molecular formula is C7H11F2N2. The first-order valence-corrected chi connectivity index (χ1v) is 3.85. The van der Waals surface area contributed by atoms with E-state index in [1.807, 2.05) is 0 Å². The average Bonchev–Trinajstić information content (AvgIpc) is 1.82. The van der Waals surface area contributed by atoms with E-state index in [2.05, 4.69) is 10.6 Å². The van der Waals surface area contributed by atoms with Crippen LogP contribution in [0.5, 0.6) is 0 Å². The molecule has 2 heterocycles. The van der Waals surface area contributed by atoms with Gasteiger partial charge in [0, 0.05) is 32.1 Å². The van der Waals surface area contributed by atoms with Gasteiger partial charge in [-0.3, -0.25) is 0 Å². The van der Waals surface area contributed by atoms with Crippen LogP contribution in [-0.4, -0.2) is 32.1 Å². The quantitative estimate of drug-likeness (QED) is 0.523. The molecule has 1 radical (unpaired) electrons. The van der Waals surface area contributed by atoms with Crippen molar-refractivity contribution in [1.29, 1.82) is 0 Å². The maximum absolute atomic E-state index is 13.2. The second kappa shape index (κ2) is 2.38. The number of hydrogen-bond acceptors (Lipinski definition) is 2. The lowest BCUT2D eigenvalue weighted by molar-refractivity contribution is -0.0711. The van der Waals surface area contributed by atoms with Crippen LogP contribution in [0.1, 0.15) is 0 Å². The van der Waals surface area contributed by atoms with E-state index >= 15 is 0 Å². The van der Waals surface area contributed by atoms with Crippen molar-refractivity contribution in [2.45, 2.75) is 5.92 Å². The molecule has 0 aliphatic carbocycles. The molecule has 11 heavy (non-hydrogen) atoms. The van der Waals surface area contributed by atoms with Crippen LogP contribution in [0.3, 0.4) is 0 Å². The highest BCUT2D eigenvalue weighted by molar-refractivity contribution is 5.15. The van der Waals surface area contributed by atoms with E-state index in [1.54, 1.807) is 0 Å². The molecule has 2 saturated heterocycles. The first kappa shape index (κ1) is 7.43. The zero-order valence-corrected chi connectivity index (χ0v) is 6.16. The van der Waals surface area contributed by atoms with Gasteiger partial charge in [0.2, 0.25) is 0 Å². The summed E-state index contributed by atoms with van der Waals surface area (Å²) >= 11 is 0. The fourth-order valence-corrected chi connectivity index (χ4v) is 1.71. The van der Waals surface area contributed by atoms with Crippen molar-refractivity contribution in [3.63, 3.8) is 0 Å². The molecule has 2 aliphatic rings. The number of alkyl halides is 2. The predicted molar refractivity (Wildman–Crippen MR) is 37.4 cm³/mol. The molecule has 4 heteroatoms. The summed E-state index contributed by atoms with van der Waals surface area (Å²) in [7, 11) is 0. The fraction of sp³-hybridized carbons (Fsp3) is 0.857. The summed E-state index contributed by atoms with van der Waals surface area (Å²) in [6, 6.07) is 0. The Morgan fingerprint density at radius 1 is 1.18 bits per heavy atom. The molecule has 0 aromatic rings. The van der Waals surface area contributed by atoms with Crippen LogP contribution in [0.2, 0.25) is 0 Å². The average molecular weight is 161 g/mol. The van der Waals surface area contributed by atoms with Gasteiger partial charge in [0.25, 0.3) is 5.92 Å². The van der Waals surface area contributed by atoms with Gasteiger partial charge in [0.15, 0.2) is 0 Å². The molecule has 2 rings (SSSR count). The Morgan fingerprint density at radius 3 is 2.09 bits per heavy atom. The molecule has 0 amide bonds. The van der Waals surface area contributed by atoms with Crippen molar-refractivity contribution in [1.82, 2.24) is 10.6 Å². The third-order valence-corrected chi connectivity index (χ3v) is 2.44. The highest BCUT2D eigenvalue weighted by Gasteiger charge is 2.51. The SMILES string of the molecule is FC1(F)[C]2CNCC1CNC2. The molecule has 0 aromatic heterocycles. The minimum atomic E-state index is -2.52. The van der Waals surface area contributed by atoms with E-state index in [4.69, 9.17) is 0 Å². The zero-order chi connectivity index (χ0) is 7.90. The van der Waals surface area contributed by atoms with Gasteiger partial charge in [-0.05, 0) is 0 Å². The van der Waals surface area contributed by atoms with Crippen molar-refractivity contribution < 1.29 is 8.78 Å². The lowest BCUT2D eigenvalue weighted by Crippen LogP contribution is -2.60.